The Bertz CT molecular complexity index is 255. The smallest absolute Gasteiger partial charge is 0.169 e. The Morgan fingerprint density at radius 3 is 2.35 bits per heavy atom. The molecule has 0 unspecified atom stereocenters. The minimum absolute atomic E-state index is 0.527. The molecule has 0 aromatic rings. The summed E-state index contributed by atoms with van der Waals surface area (Å²) in [4.78, 5) is 2.39. The summed E-state index contributed by atoms with van der Waals surface area (Å²) >= 11 is 5.59. The average molecular weight is 254 g/mol. The summed E-state index contributed by atoms with van der Waals surface area (Å²) in [5.41, 5.74) is 0. The van der Waals surface area contributed by atoms with Crippen molar-refractivity contribution in [2.75, 3.05) is 6.54 Å². The van der Waals surface area contributed by atoms with Gasteiger partial charge in [-0.1, -0.05) is 19.3 Å². The van der Waals surface area contributed by atoms with Crippen LogP contribution in [0.2, 0.25) is 0 Å². The quantitative estimate of drug-likeness (QED) is 0.775. The Labute approximate surface area is 111 Å². The molecule has 17 heavy (non-hydrogen) atoms. The van der Waals surface area contributed by atoms with Crippen LogP contribution in [0.1, 0.15) is 58.8 Å². The molecule has 2 aliphatic rings. The van der Waals surface area contributed by atoms with E-state index in [1.165, 1.54) is 44.9 Å². The van der Waals surface area contributed by atoms with Crippen LogP contribution in [0, 0.1) is 5.92 Å². The Kier molecular flexibility index (Phi) is 4.66. The minimum Gasteiger partial charge on any atom is -0.360 e. The molecular weight excluding hydrogens is 228 g/mol. The standard InChI is InChI=1S/C14H26N2S/c1-11(2)16(10-12-8-9-12)14(17)15-13-6-4-3-5-7-13/h11-13H,3-10H2,1-2H3,(H,15,17). The summed E-state index contributed by atoms with van der Waals surface area (Å²) in [5, 5.41) is 4.59. The van der Waals surface area contributed by atoms with Crippen LogP contribution in [0.3, 0.4) is 0 Å². The maximum Gasteiger partial charge on any atom is 0.169 e. The van der Waals surface area contributed by atoms with Gasteiger partial charge in [0, 0.05) is 18.6 Å². The molecular formula is C14H26N2S. The van der Waals surface area contributed by atoms with E-state index >= 15 is 0 Å². The van der Waals surface area contributed by atoms with Crippen molar-refractivity contribution >= 4 is 17.3 Å². The molecule has 2 aliphatic carbocycles. The first kappa shape index (κ1) is 13.1. The molecule has 2 rings (SSSR count). The van der Waals surface area contributed by atoms with E-state index in [0.717, 1.165) is 17.6 Å². The van der Waals surface area contributed by atoms with E-state index in [1.54, 1.807) is 0 Å². The normalized spacial score (nSPS) is 21.6. The molecule has 0 bridgehead atoms. The first-order valence-electron chi connectivity index (χ1n) is 7.24. The third kappa shape index (κ3) is 4.13. The predicted molar refractivity (Wildman–Crippen MR) is 77.2 cm³/mol. The topological polar surface area (TPSA) is 15.3 Å². The van der Waals surface area contributed by atoms with Gasteiger partial charge in [0.15, 0.2) is 5.11 Å². The lowest BCUT2D eigenvalue weighted by atomic mass is 9.96. The third-order valence-corrected chi connectivity index (χ3v) is 4.32. The molecule has 1 N–H and O–H groups in total. The summed E-state index contributed by atoms with van der Waals surface area (Å²) in [7, 11) is 0. The van der Waals surface area contributed by atoms with Gasteiger partial charge < -0.3 is 10.2 Å². The van der Waals surface area contributed by atoms with Crippen LogP contribution in [-0.4, -0.2) is 28.6 Å². The maximum atomic E-state index is 5.59. The van der Waals surface area contributed by atoms with Crippen LogP contribution >= 0.6 is 12.2 Å². The average Bonchev–Trinajstić information content (AvgIpc) is 3.10. The maximum absolute atomic E-state index is 5.59. The van der Waals surface area contributed by atoms with Gasteiger partial charge in [-0.25, -0.2) is 0 Å². The van der Waals surface area contributed by atoms with Gasteiger partial charge in [-0.3, -0.25) is 0 Å². The summed E-state index contributed by atoms with van der Waals surface area (Å²) in [5.74, 6) is 0.906. The van der Waals surface area contributed by atoms with Crippen LogP contribution in [0.25, 0.3) is 0 Å². The number of hydrogen-bond acceptors (Lipinski definition) is 1. The van der Waals surface area contributed by atoms with Gasteiger partial charge in [0.1, 0.15) is 0 Å². The number of nitrogens with one attached hydrogen (secondary N) is 1. The van der Waals surface area contributed by atoms with E-state index in [4.69, 9.17) is 12.2 Å². The molecule has 2 saturated carbocycles. The molecule has 2 nitrogen and oxygen atoms in total. The van der Waals surface area contributed by atoms with Gasteiger partial charge in [-0.05, 0) is 57.7 Å². The highest BCUT2D eigenvalue weighted by Crippen LogP contribution is 2.30. The van der Waals surface area contributed by atoms with Crippen LogP contribution in [0.15, 0.2) is 0 Å². The van der Waals surface area contributed by atoms with Gasteiger partial charge >= 0.3 is 0 Å². The third-order valence-electron chi connectivity index (χ3n) is 3.97. The van der Waals surface area contributed by atoms with Gasteiger partial charge in [-0.2, -0.15) is 0 Å². The van der Waals surface area contributed by atoms with Crippen molar-refractivity contribution in [3.8, 4) is 0 Å². The van der Waals surface area contributed by atoms with Crippen molar-refractivity contribution < 1.29 is 0 Å². The molecule has 0 amide bonds. The second-order valence-electron chi connectivity index (χ2n) is 5.97. The molecule has 0 radical (unpaired) electrons. The predicted octanol–water partition coefficient (Wildman–Crippen LogP) is 3.31. The number of rotatable bonds is 4. The first-order valence-corrected chi connectivity index (χ1v) is 7.65. The zero-order valence-corrected chi connectivity index (χ0v) is 12.1. The van der Waals surface area contributed by atoms with E-state index in [1.807, 2.05) is 0 Å². The SMILES string of the molecule is CC(C)N(CC1CC1)C(=S)NC1CCCCC1. The highest BCUT2D eigenvalue weighted by Gasteiger charge is 2.27. The monoisotopic (exact) mass is 254 g/mol. The number of hydrogen-bond donors (Lipinski definition) is 1. The fraction of sp³-hybridized carbons (Fsp3) is 0.929. The second kappa shape index (κ2) is 6.03. The van der Waals surface area contributed by atoms with E-state index in [9.17, 15) is 0 Å². The van der Waals surface area contributed by atoms with Crippen LogP contribution < -0.4 is 5.32 Å². The molecule has 0 saturated heterocycles. The first-order chi connectivity index (χ1) is 8.16. The fourth-order valence-electron chi connectivity index (χ4n) is 2.61. The van der Waals surface area contributed by atoms with E-state index in [2.05, 4.69) is 24.1 Å². The van der Waals surface area contributed by atoms with Crippen LogP contribution in [0.5, 0.6) is 0 Å². The van der Waals surface area contributed by atoms with E-state index in [-0.39, 0.29) is 0 Å². The summed E-state index contributed by atoms with van der Waals surface area (Å²) < 4.78 is 0. The van der Waals surface area contributed by atoms with Crippen molar-refractivity contribution in [1.82, 2.24) is 10.2 Å². The van der Waals surface area contributed by atoms with Gasteiger partial charge in [-0.15, -0.1) is 0 Å². The Morgan fingerprint density at radius 2 is 1.82 bits per heavy atom. The zero-order chi connectivity index (χ0) is 12.3. The molecule has 0 aromatic heterocycles. The van der Waals surface area contributed by atoms with Crippen LogP contribution in [0.4, 0.5) is 0 Å². The lowest BCUT2D eigenvalue weighted by molar-refractivity contribution is 0.317. The Morgan fingerprint density at radius 1 is 1.18 bits per heavy atom. The van der Waals surface area contributed by atoms with Crippen molar-refractivity contribution in [1.29, 1.82) is 0 Å². The minimum atomic E-state index is 0.527. The lowest BCUT2D eigenvalue weighted by Crippen LogP contribution is -2.48. The van der Waals surface area contributed by atoms with Gasteiger partial charge in [0.05, 0.1) is 0 Å². The summed E-state index contributed by atoms with van der Waals surface area (Å²) in [6.45, 7) is 5.66. The molecule has 0 aliphatic heterocycles. The Hall–Kier alpha value is -0.310. The summed E-state index contributed by atoms with van der Waals surface area (Å²) in [6.07, 6.45) is 9.53. The van der Waals surface area contributed by atoms with Crippen molar-refractivity contribution in [3.05, 3.63) is 0 Å². The number of thiocarbonyl (C=S) groups is 1. The van der Waals surface area contributed by atoms with Crippen molar-refractivity contribution in [2.24, 2.45) is 5.92 Å². The molecule has 3 heteroatoms. The molecule has 98 valence electrons. The molecule has 2 fully saturated rings. The Balaban J connectivity index is 1.81. The highest BCUT2D eigenvalue weighted by molar-refractivity contribution is 7.80. The number of nitrogens with zero attached hydrogens (tertiary/aromatic N) is 1. The van der Waals surface area contributed by atoms with Crippen molar-refractivity contribution in [2.45, 2.75) is 70.9 Å². The highest BCUT2D eigenvalue weighted by atomic mass is 32.1. The molecule has 0 heterocycles. The summed E-state index contributed by atoms with van der Waals surface area (Å²) in [6, 6.07) is 1.16. The van der Waals surface area contributed by atoms with Gasteiger partial charge in [0.25, 0.3) is 0 Å². The van der Waals surface area contributed by atoms with E-state index < -0.39 is 0 Å². The van der Waals surface area contributed by atoms with Crippen molar-refractivity contribution in [3.63, 3.8) is 0 Å². The zero-order valence-electron chi connectivity index (χ0n) is 11.2. The van der Waals surface area contributed by atoms with Gasteiger partial charge in [0.2, 0.25) is 0 Å². The molecule has 0 atom stereocenters. The molecule has 0 spiro atoms. The second-order valence-corrected chi connectivity index (χ2v) is 6.36. The largest absolute Gasteiger partial charge is 0.360 e. The fourth-order valence-corrected chi connectivity index (χ4v) is 3.06. The molecule has 0 aromatic carbocycles. The van der Waals surface area contributed by atoms with Crippen LogP contribution in [-0.2, 0) is 0 Å². The van der Waals surface area contributed by atoms with E-state index in [0.29, 0.717) is 12.1 Å². The lowest BCUT2D eigenvalue weighted by Gasteiger charge is -2.33.